The number of aromatic nitrogens is 5. The molecule has 3 rings (SSSR count). The SMILES string of the molecule is CSc1cc(Cl)cc(C(=O)NC(C)c2nc(N)nn2-c2ncccn2)c1. The van der Waals surface area contributed by atoms with Gasteiger partial charge in [0, 0.05) is 27.9 Å². The quantitative estimate of drug-likeness (QED) is 0.644. The zero-order valence-corrected chi connectivity index (χ0v) is 15.6. The molecule has 0 fully saturated rings. The highest BCUT2D eigenvalue weighted by molar-refractivity contribution is 7.98. The van der Waals surface area contributed by atoms with Crippen LogP contribution in [0, 0.1) is 0 Å². The Balaban J connectivity index is 1.86. The number of anilines is 1. The highest BCUT2D eigenvalue weighted by Gasteiger charge is 2.20. The van der Waals surface area contributed by atoms with Crippen LogP contribution in [0.15, 0.2) is 41.6 Å². The Bertz CT molecular complexity index is 932. The first kappa shape index (κ1) is 18.2. The number of nitrogens with zero attached hydrogens (tertiary/aromatic N) is 5. The molecule has 3 aromatic rings. The van der Waals surface area contributed by atoms with Gasteiger partial charge in [0.2, 0.25) is 5.95 Å². The standard InChI is InChI=1S/C16H16ClN7OS/c1-9(21-14(25)10-6-11(17)8-12(7-10)26-2)13-22-15(18)23-24(13)16-19-4-3-5-20-16/h3-9H,1-2H3,(H2,18,23)(H,21,25). The largest absolute Gasteiger partial charge is 0.366 e. The van der Waals surface area contributed by atoms with Crippen LogP contribution in [0.3, 0.4) is 0 Å². The van der Waals surface area contributed by atoms with Crippen LogP contribution in [-0.4, -0.2) is 36.9 Å². The number of nitrogen functional groups attached to an aromatic ring is 1. The lowest BCUT2D eigenvalue weighted by molar-refractivity contribution is 0.0937. The summed E-state index contributed by atoms with van der Waals surface area (Å²) in [6.07, 6.45) is 5.09. The van der Waals surface area contributed by atoms with Crippen molar-refractivity contribution >= 4 is 35.2 Å². The number of nitrogens with two attached hydrogens (primary N) is 1. The lowest BCUT2D eigenvalue weighted by Crippen LogP contribution is -2.29. The molecule has 0 aliphatic rings. The maximum Gasteiger partial charge on any atom is 0.252 e. The zero-order chi connectivity index (χ0) is 18.7. The number of hydrogen-bond donors (Lipinski definition) is 2. The fourth-order valence-electron chi connectivity index (χ4n) is 2.32. The zero-order valence-electron chi connectivity index (χ0n) is 14.0. The Hall–Kier alpha value is -2.65. The maximum absolute atomic E-state index is 12.6. The third-order valence-corrected chi connectivity index (χ3v) is 4.42. The van der Waals surface area contributed by atoms with Gasteiger partial charge in [-0.3, -0.25) is 4.79 Å². The molecule has 10 heteroatoms. The summed E-state index contributed by atoms with van der Waals surface area (Å²) in [6.45, 7) is 1.78. The van der Waals surface area contributed by atoms with Crippen LogP contribution in [-0.2, 0) is 0 Å². The first-order chi connectivity index (χ1) is 12.5. The molecule has 0 spiro atoms. The molecule has 0 aliphatic carbocycles. The number of nitrogens with one attached hydrogen (secondary N) is 1. The molecule has 1 aromatic carbocycles. The summed E-state index contributed by atoms with van der Waals surface area (Å²) in [5.41, 5.74) is 6.18. The predicted molar refractivity (Wildman–Crippen MR) is 100 cm³/mol. The summed E-state index contributed by atoms with van der Waals surface area (Å²) in [5.74, 6) is 0.535. The van der Waals surface area contributed by atoms with Crippen molar-refractivity contribution in [2.45, 2.75) is 17.9 Å². The van der Waals surface area contributed by atoms with E-state index in [1.165, 1.54) is 16.4 Å². The molecule has 0 saturated carbocycles. The van der Waals surface area contributed by atoms with E-state index in [0.29, 0.717) is 22.4 Å². The number of rotatable bonds is 5. The van der Waals surface area contributed by atoms with E-state index >= 15 is 0 Å². The predicted octanol–water partition coefficient (Wildman–Crippen LogP) is 2.51. The van der Waals surface area contributed by atoms with Gasteiger partial charge in [0.25, 0.3) is 11.9 Å². The number of carbonyl (C=O) groups excluding carboxylic acids is 1. The minimum absolute atomic E-state index is 0.0703. The fraction of sp³-hybridized carbons (Fsp3) is 0.188. The van der Waals surface area contributed by atoms with Gasteiger partial charge in [0.05, 0.1) is 6.04 Å². The highest BCUT2D eigenvalue weighted by atomic mass is 35.5. The fourth-order valence-corrected chi connectivity index (χ4v) is 3.11. The Morgan fingerprint density at radius 2 is 2.04 bits per heavy atom. The summed E-state index contributed by atoms with van der Waals surface area (Å²) < 4.78 is 1.41. The maximum atomic E-state index is 12.6. The van der Waals surface area contributed by atoms with Gasteiger partial charge in [0.1, 0.15) is 0 Å². The third-order valence-electron chi connectivity index (χ3n) is 3.49. The van der Waals surface area contributed by atoms with E-state index in [4.69, 9.17) is 17.3 Å². The molecule has 1 amide bonds. The average Bonchev–Trinajstić information content (AvgIpc) is 3.03. The van der Waals surface area contributed by atoms with Crippen LogP contribution in [0.4, 0.5) is 5.95 Å². The van der Waals surface area contributed by atoms with Crippen LogP contribution in [0.2, 0.25) is 5.02 Å². The van der Waals surface area contributed by atoms with Crippen LogP contribution >= 0.6 is 23.4 Å². The van der Waals surface area contributed by atoms with Crippen molar-refractivity contribution in [1.82, 2.24) is 30.0 Å². The summed E-state index contributed by atoms with van der Waals surface area (Å²) >= 11 is 7.59. The third kappa shape index (κ3) is 3.94. The molecule has 134 valence electrons. The first-order valence-corrected chi connectivity index (χ1v) is 9.23. The van der Waals surface area contributed by atoms with Gasteiger partial charge < -0.3 is 11.1 Å². The van der Waals surface area contributed by atoms with Crippen molar-refractivity contribution in [1.29, 1.82) is 0 Å². The smallest absolute Gasteiger partial charge is 0.252 e. The number of halogens is 1. The van der Waals surface area contributed by atoms with Gasteiger partial charge in [-0.1, -0.05) is 11.6 Å². The van der Waals surface area contributed by atoms with Crippen LogP contribution in [0.1, 0.15) is 29.1 Å². The molecule has 0 radical (unpaired) electrons. The molecule has 1 atom stereocenters. The van der Waals surface area contributed by atoms with Crippen molar-refractivity contribution in [3.8, 4) is 5.95 Å². The summed E-state index contributed by atoms with van der Waals surface area (Å²) in [7, 11) is 0. The van der Waals surface area contributed by atoms with E-state index < -0.39 is 6.04 Å². The van der Waals surface area contributed by atoms with Gasteiger partial charge in [-0.2, -0.15) is 9.67 Å². The van der Waals surface area contributed by atoms with Crippen molar-refractivity contribution in [2.24, 2.45) is 0 Å². The van der Waals surface area contributed by atoms with E-state index in [9.17, 15) is 4.79 Å². The Morgan fingerprint density at radius 3 is 2.73 bits per heavy atom. The van der Waals surface area contributed by atoms with Gasteiger partial charge in [-0.15, -0.1) is 16.9 Å². The molecule has 2 aromatic heterocycles. The molecule has 3 N–H and O–H groups in total. The molecular formula is C16H16ClN7OS. The molecule has 0 bridgehead atoms. The highest BCUT2D eigenvalue weighted by Crippen LogP contribution is 2.23. The topological polar surface area (TPSA) is 112 Å². The van der Waals surface area contributed by atoms with Crippen molar-refractivity contribution < 1.29 is 4.79 Å². The normalized spacial score (nSPS) is 12.0. The number of benzene rings is 1. The van der Waals surface area contributed by atoms with Crippen LogP contribution in [0.5, 0.6) is 0 Å². The molecule has 0 saturated heterocycles. The Kier molecular flexibility index (Phi) is 5.38. The molecule has 8 nitrogen and oxygen atoms in total. The molecular weight excluding hydrogens is 374 g/mol. The number of carbonyl (C=O) groups is 1. The van der Waals surface area contributed by atoms with E-state index in [-0.39, 0.29) is 11.9 Å². The second-order valence-electron chi connectivity index (χ2n) is 5.36. The average molecular weight is 390 g/mol. The molecule has 26 heavy (non-hydrogen) atoms. The van der Waals surface area contributed by atoms with E-state index in [0.717, 1.165) is 4.90 Å². The van der Waals surface area contributed by atoms with Crippen molar-refractivity contribution in [3.63, 3.8) is 0 Å². The van der Waals surface area contributed by atoms with Gasteiger partial charge in [-0.25, -0.2) is 9.97 Å². The van der Waals surface area contributed by atoms with E-state index in [2.05, 4.69) is 25.4 Å². The van der Waals surface area contributed by atoms with Crippen LogP contribution < -0.4 is 11.1 Å². The number of amides is 1. The van der Waals surface area contributed by atoms with Crippen LogP contribution in [0.25, 0.3) is 5.95 Å². The van der Waals surface area contributed by atoms with E-state index in [1.807, 2.05) is 6.26 Å². The Labute approximate surface area is 159 Å². The van der Waals surface area contributed by atoms with Crippen molar-refractivity contribution in [2.75, 3.05) is 12.0 Å². The first-order valence-electron chi connectivity index (χ1n) is 7.63. The van der Waals surface area contributed by atoms with Gasteiger partial charge in [0.15, 0.2) is 5.82 Å². The second kappa shape index (κ2) is 7.71. The van der Waals surface area contributed by atoms with Gasteiger partial charge >= 0.3 is 0 Å². The summed E-state index contributed by atoms with van der Waals surface area (Å²) in [4.78, 5) is 26.0. The minimum atomic E-state index is -0.479. The lowest BCUT2D eigenvalue weighted by atomic mass is 10.2. The summed E-state index contributed by atoms with van der Waals surface area (Å²) in [6, 6.07) is 6.40. The lowest BCUT2D eigenvalue weighted by Gasteiger charge is -2.14. The Morgan fingerprint density at radius 1 is 1.31 bits per heavy atom. The number of thioether (sulfide) groups is 1. The summed E-state index contributed by atoms with van der Waals surface area (Å²) in [5, 5.41) is 7.48. The molecule has 1 unspecified atom stereocenters. The van der Waals surface area contributed by atoms with Crippen molar-refractivity contribution in [3.05, 3.63) is 53.1 Å². The number of hydrogen-bond acceptors (Lipinski definition) is 7. The second-order valence-corrected chi connectivity index (χ2v) is 6.68. The van der Waals surface area contributed by atoms with E-state index in [1.54, 1.807) is 43.6 Å². The molecule has 2 heterocycles. The minimum Gasteiger partial charge on any atom is -0.366 e. The monoisotopic (exact) mass is 389 g/mol. The van der Waals surface area contributed by atoms with Gasteiger partial charge in [-0.05, 0) is 37.4 Å². The molecule has 0 aliphatic heterocycles.